The summed E-state index contributed by atoms with van der Waals surface area (Å²) >= 11 is 0. The van der Waals surface area contributed by atoms with Crippen molar-refractivity contribution in [1.29, 1.82) is 0 Å². The molecule has 1 aliphatic heterocycles. The maximum Gasteiger partial charge on any atom is 0.410 e. The van der Waals surface area contributed by atoms with Crippen molar-refractivity contribution in [2.75, 3.05) is 26.9 Å². The lowest BCUT2D eigenvalue weighted by Crippen LogP contribution is -2.40. The highest BCUT2D eigenvalue weighted by Crippen LogP contribution is 2.42. The number of rotatable bonds is 11. The predicted octanol–water partition coefficient (Wildman–Crippen LogP) is 5.40. The first-order chi connectivity index (χ1) is 21.3. The van der Waals surface area contributed by atoms with Gasteiger partial charge in [0.1, 0.15) is 24.2 Å². The van der Waals surface area contributed by atoms with Crippen molar-refractivity contribution in [3.63, 3.8) is 0 Å². The number of alkyl halides is 7. The zero-order valence-electron chi connectivity index (χ0n) is 23.6. The van der Waals surface area contributed by atoms with E-state index in [0.717, 1.165) is 11.2 Å². The summed E-state index contributed by atoms with van der Waals surface area (Å²) in [6.45, 7) is -1.82. The van der Waals surface area contributed by atoms with Crippen molar-refractivity contribution in [2.24, 2.45) is 5.92 Å². The zero-order valence-corrected chi connectivity index (χ0v) is 23.6. The van der Waals surface area contributed by atoms with Crippen LogP contribution in [-0.4, -0.2) is 78.4 Å². The van der Waals surface area contributed by atoms with E-state index in [4.69, 9.17) is 18.4 Å². The van der Waals surface area contributed by atoms with E-state index in [0.29, 0.717) is 5.56 Å². The highest BCUT2D eigenvalue weighted by molar-refractivity contribution is 5.95. The first-order valence-corrected chi connectivity index (χ1v) is 13.8. The average Bonchev–Trinajstić information content (AvgIpc) is 3.71. The SMILES string of the molecule is COC[C@H](c1ccc2oc([C@@H](NC(=O)c3nocc3OCC(F)F)C3CCC(F)(F)CC3)nc2c1)N1C[C@@H](C(F)(F)F)NC1=O. The molecule has 1 saturated heterocycles. The largest absolute Gasteiger partial charge is 0.482 e. The van der Waals surface area contributed by atoms with Gasteiger partial charge < -0.3 is 33.9 Å². The molecule has 1 aliphatic carbocycles. The summed E-state index contributed by atoms with van der Waals surface area (Å²) in [5, 5.41) is 8.07. The topological polar surface area (TPSA) is 132 Å². The smallest absolute Gasteiger partial charge is 0.410 e. The summed E-state index contributed by atoms with van der Waals surface area (Å²) < 4.78 is 114. The highest BCUT2D eigenvalue weighted by atomic mass is 19.4. The maximum atomic E-state index is 14.0. The number of hydrogen-bond donors (Lipinski definition) is 2. The number of oxazole rings is 1. The normalized spacial score (nSPS) is 20.4. The molecule has 2 N–H and O–H groups in total. The number of amides is 3. The van der Waals surface area contributed by atoms with Gasteiger partial charge in [0.25, 0.3) is 12.3 Å². The number of aromatic nitrogens is 2. The van der Waals surface area contributed by atoms with E-state index in [1.165, 1.54) is 25.3 Å². The Morgan fingerprint density at radius 1 is 1.22 bits per heavy atom. The van der Waals surface area contributed by atoms with E-state index < -0.39 is 86.2 Å². The number of benzene rings is 1. The van der Waals surface area contributed by atoms with Gasteiger partial charge >= 0.3 is 12.2 Å². The molecule has 5 rings (SSSR count). The summed E-state index contributed by atoms with van der Waals surface area (Å²) in [6.07, 6.45) is -7.59. The third kappa shape index (κ3) is 7.26. The monoisotopic (exact) mass is 651 g/mol. The number of methoxy groups -OCH3 is 1. The van der Waals surface area contributed by atoms with Gasteiger partial charge in [-0.2, -0.15) is 13.2 Å². The molecule has 1 saturated carbocycles. The number of hydrogen-bond acceptors (Lipinski definition) is 8. The Kier molecular flexibility index (Phi) is 9.14. The molecule has 45 heavy (non-hydrogen) atoms. The van der Waals surface area contributed by atoms with Crippen LogP contribution in [0.3, 0.4) is 0 Å². The van der Waals surface area contributed by atoms with Crippen LogP contribution in [0.5, 0.6) is 5.75 Å². The van der Waals surface area contributed by atoms with Crippen molar-refractivity contribution < 1.29 is 58.7 Å². The lowest BCUT2D eigenvalue weighted by molar-refractivity contribution is -0.150. The van der Waals surface area contributed by atoms with Gasteiger partial charge in [0.05, 0.1) is 19.2 Å². The second kappa shape index (κ2) is 12.7. The standard InChI is InChI=1S/C27H28F7N5O6/c1-42-10-16(39-9-19(27(32,33)34)36-25(39)41)14-2-3-17-15(8-14)35-24(45-17)21(13-4-6-26(30,31)7-5-13)37-23(40)22-18(11-44-38-22)43-12-20(28)29/h2-3,8,11,13,16,19-21H,4-7,9-10,12H2,1H3,(H,36,41)(H,37,40)/t16-,19+,21+/m1/s1. The Labute approximate surface area is 250 Å². The van der Waals surface area contributed by atoms with Crippen molar-refractivity contribution in [1.82, 2.24) is 25.7 Å². The zero-order chi connectivity index (χ0) is 32.5. The van der Waals surface area contributed by atoms with Gasteiger partial charge in [-0.3, -0.25) is 4.79 Å². The highest BCUT2D eigenvalue weighted by Gasteiger charge is 2.48. The van der Waals surface area contributed by atoms with Crippen molar-refractivity contribution in [3.8, 4) is 5.75 Å². The molecule has 0 bridgehead atoms. The molecule has 2 aliphatic rings. The first kappa shape index (κ1) is 32.3. The molecule has 11 nitrogen and oxygen atoms in total. The van der Waals surface area contributed by atoms with Crippen LogP contribution in [0.2, 0.25) is 0 Å². The molecule has 246 valence electrons. The lowest BCUT2D eigenvalue weighted by atomic mass is 9.82. The minimum Gasteiger partial charge on any atom is -0.482 e. The Bertz CT molecular complexity index is 1500. The Morgan fingerprint density at radius 3 is 2.60 bits per heavy atom. The van der Waals surface area contributed by atoms with Crippen LogP contribution in [0, 0.1) is 5.92 Å². The summed E-state index contributed by atoms with van der Waals surface area (Å²) in [5.74, 6) is -4.81. The van der Waals surface area contributed by atoms with E-state index in [9.17, 15) is 40.3 Å². The molecule has 3 heterocycles. The number of carbonyl (C=O) groups excluding carboxylic acids is 2. The Morgan fingerprint density at radius 2 is 1.96 bits per heavy atom. The average molecular weight is 652 g/mol. The minimum absolute atomic E-state index is 0.0180. The molecule has 2 aromatic heterocycles. The van der Waals surface area contributed by atoms with Gasteiger partial charge in [0, 0.05) is 20.0 Å². The quantitative estimate of drug-likeness (QED) is 0.264. The number of fused-ring (bicyclic) bond motifs is 1. The molecule has 0 unspecified atom stereocenters. The Balaban J connectivity index is 1.43. The molecular weight excluding hydrogens is 623 g/mol. The second-order valence-corrected chi connectivity index (χ2v) is 10.8. The lowest BCUT2D eigenvalue weighted by Gasteiger charge is -2.32. The van der Waals surface area contributed by atoms with Crippen LogP contribution in [-0.2, 0) is 4.74 Å². The number of halogens is 7. The fourth-order valence-corrected chi connectivity index (χ4v) is 5.46. The van der Waals surface area contributed by atoms with Gasteiger partial charge in [-0.05, 0) is 36.5 Å². The molecule has 3 amide bonds. The third-order valence-corrected chi connectivity index (χ3v) is 7.75. The van der Waals surface area contributed by atoms with E-state index in [1.807, 2.05) is 5.32 Å². The molecule has 2 fully saturated rings. The number of urea groups is 1. The van der Waals surface area contributed by atoms with Gasteiger partial charge in [-0.25, -0.2) is 27.3 Å². The van der Waals surface area contributed by atoms with Crippen LogP contribution >= 0.6 is 0 Å². The van der Waals surface area contributed by atoms with Crippen LogP contribution in [0.15, 0.2) is 33.4 Å². The maximum absolute atomic E-state index is 14.0. The summed E-state index contributed by atoms with van der Waals surface area (Å²) in [7, 11) is 1.33. The van der Waals surface area contributed by atoms with Gasteiger partial charge in [0.2, 0.25) is 17.5 Å². The van der Waals surface area contributed by atoms with Crippen LogP contribution in [0.4, 0.5) is 35.5 Å². The van der Waals surface area contributed by atoms with E-state index in [2.05, 4.69) is 15.5 Å². The first-order valence-electron chi connectivity index (χ1n) is 13.8. The predicted molar refractivity (Wildman–Crippen MR) is 139 cm³/mol. The number of nitrogens with one attached hydrogen (secondary N) is 2. The molecule has 0 spiro atoms. The molecule has 18 heteroatoms. The molecule has 3 atom stereocenters. The molecule has 1 aromatic carbocycles. The second-order valence-electron chi connectivity index (χ2n) is 10.8. The number of ether oxygens (including phenoxy) is 2. The van der Waals surface area contributed by atoms with E-state index >= 15 is 0 Å². The minimum atomic E-state index is -4.66. The number of nitrogens with zero attached hydrogens (tertiary/aromatic N) is 3. The van der Waals surface area contributed by atoms with Gasteiger partial charge in [-0.1, -0.05) is 11.2 Å². The molecular formula is C27H28F7N5O6. The fourth-order valence-electron chi connectivity index (χ4n) is 5.46. The third-order valence-electron chi connectivity index (χ3n) is 7.75. The Hall–Kier alpha value is -4.09. The van der Waals surface area contributed by atoms with Crippen LogP contribution < -0.4 is 15.4 Å². The van der Waals surface area contributed by atoms with Crippen molar-refractivity contribution in [3.05, 3.63) is 41.6 Å². The fraction of sp³-hybridized carbons (Fsp3) is 0.556. The molecule has 3 aromatic rings. The van der Waals surface area contributed by atoms with Gasteiger partial charge in [-0.15, -0.1) is 0 Å². The van der Waals surface area contributed by atoms with Crippen molar-refractivity contribution in [2.45, 2.75) is 62.3 Å². The van der Waals surface area contributed by atoms with E-state index in [-0.39, 0.29) is 42.2 Å². The van der Waals surface area contributed by atoms with Crippen LogP contribution in [0.1, 0.15) is 59.7 Å². The van der Waals surface area contributed by atoms with Crippen LogP contribution in [0.25, 0.3) is 11.1 Å². The van der Waals surface area contributed by atoms with Gasteiger partial charge in [0.15, 0.2) is 17.6 Å². The summed E-state index contributed by atoms with van der Waals surface area (Å²) in [5.41, 5.74) is 0.331. The number of carbonyl (C=O) groups is 2. The van der Waals surface area contributed by atoms with Crippen molar-refractivity contribution >= 4 is 23.0 Å². The summed E-state index contributed by atoms with van der Waals surface area (Å²) in [6, 6.07) is -0.515. The summed E-state index contributed by atoms with van der Waals surface area (Å²) in [4.78, 5) is 31.1. The van der Waals surface area contributed by atoms with E-state index in [1.54, 1.807) is 0 Å². The molecule has 0 radical (unpaired) electrons.